The first-order valence-corrected chi connectivity index (χ1v) is 11.2. The van der Waals surface area contributed by atoms with Crippen LogP contribution in [0.1, 0.15) is 17.0 Å². The number of nitrogens with one attached hydrogen (secondary N) is 1. The summed E-state index contributed by atoms with van der Waals surface area (Å²) >= 11 is 8.18. The van der Waals surface area contributed by atoms with Gasteiger partial charge in [-0.2, -0.15) is 5.26 Å². The van der Waals surface area contributed by atoms with Crippen molar-refractivity contribution in [1.82, 2.24) is 5.32 Å². The van der Waals surface area contributed by atoms with Crippen molar-refractivity contribution in [3.8, 4) is 6.07 Å². The first-order valence-electron chi connectivity index (χ1n) is 8.60. The van der Waals surface area contributed by atoms with Gasteiger partial charge in [0, 0.05) is 20.6 Å². The third kappa shape index (κ3) is 4.92. The molecule has 1 amide bonds. The molecule has 0 fully saturated rings. The van der Waals surface area contributed by atoms with Crippen LogP contribution in [0.2, 0.25) is 0 Å². The lowest BCUT2D eigenvalue weighted by molar-refractivity contribution is -0.150. The van der Waals surface area contributed by atoms with Crippen molar-refractivity contribution in [2.24, 2.45) is 5.92 Å². The van der Waals surface area contributed by atoms with Gasteiger partial charge in [0.15, 0.2) is 0 Å². The Morgan fingerprint density at radius 1 is 1.21 bits per heavy atom. The van der Waals surface area contributed by atoms with E-state index >= 15 is 0 Å². The number of nitrogens with zero attached hydrogens (tertiary/aromatic N) is 1. The molecule has 0 bridgehead atoms. The molecular formula is C21H16Br2N2O3S. The monoisotopic (exact) mass is 534 g/mol. The van der Waals surface area contributed by atoms with Crippen LogP contribution >= 0.6 is 43.6 Å². The van der Waals surface area contributed by atoms with Crippen LogP contribution in [0.4, 0.5) is 0 Å². The summed E-state index contributed by atoms with van der Waals surface area (Å²) in [5.74, 6) is -2.41. The van der Waals surface area contributed by atoms with Crippen molar-refractivity contribution >= 4 is 55.5 Å². The smallest absolute Gasteiger partial charge is 0.319 e. The summed E-state index contributed by atoms with van der Waals surface area (Å²) in [5.41, 5.74) is 2.09. The lowest BCUT2D eigenvalue weighted by atomic mass is 9.78. The molecule has 2 atom stereocenters. The van der Waals surface area contributed by atoms with Gasteiger partial charge < -0.3 is 10.1 Å². The van der Waals surface area contributed by atoms with E-state index in [9.17, 15) is 14.9 Å². The average molecular weight is 536 g/mol. The number of hydrogen-bond donors (Lipinski definition) is 1. The summed E-state index contributed by atoms with van der Waals surface area (Å²) in [6.45, 7) is 0. The number of nitriles is 1. The van der Waals surface area contributed by atoms with Crippen molar-refractivity contribution in [3.05, 3.63) is 79.2 Å². The molecule has 5 nitrogen and oxygen atoms in total. The van der Waals surface area contributed by atoms with Gasteiger partial charge in [0.1, 0.15) is 5.92 Å². The van der Waals surface area contributed by atoms with Crippen molar-refractivity contribution in [2.75, 3.05) is 7.11 Å². The van der Waals surface area contributed by atoms with Crippen LogP contribution < -0.4 is 5.32 Å². The molecule has 0 aromatic heterocycles. The first-order chi connectivity index (χ1) is 13.9. The fraction of sp³-hybridized carbons (Fsp3) is 0.190. The number of allylic oxidation sites excluding steroid dienone is 1. The summed E-state index contributed by atoms with van der Waals surface area (Å²) in [5, 5.41) is 13.1. The van der Waals surface area contributed by atoms with Gasteiger partial charge in [-0.25, -0.2) is 0 Å². The van der Waals surface area contributed by atoms with Crippen molar-refractivity contribution in [1.29, 1.82) is 5.26 Å². The van der Waals surface area contributed by atoms with Crippen LogP contribution in [0, 0.1) is 17.2 Å². The molecule has 0 saturated heterocycles. The van der Waals surface area contributed by atoms with Gasteiger partial charge in [-0.05, 0) is 35.4 Å². The molecule has 29 heavy (non-hydrogen) atoms. The van der Waals surface area contributed by atoms with Crippen molar-refractivity contribution in [3.63, 3.8) is 0 Å². The molecule has 8 heteroatoms. The maximum absolute atomic E-state index is 12.8. The van der Waals surface area contributed by atoms with Crippen molar-refractivity contribution < 1.29 is 14.3 Å². The molecule has 2 aromatic carbocycles. The maximum Gasteiger partial charge on any atom is 0.319 e. The third-order valence-corrected chi connectivity index (χ3v) is 6.60. The summed E-state index contributed by atoms with van der Waals surface area (Å²) in [6.07, 6.45) is 0. The first kappa shape index (κ1) is 21.6. The Labute approximate surface area is 189 Å². The van der Waals surface area contributed by atoms with E-state index in [0.29, 0.717) is 21.9 Å². The fourth-order valence-corrected chi connectivity index (χ4v) is 4.80. The number of ether oxygens (including phenoxy) is 1. The van der Waals surface area contributed by atoms with Crippen LogP contribution in [0.3, 0.4) is 0 Å². The Balaban J connectivity index is 2.01. The van der Waals surface area contributed by atoms with Crippen LogP contribution in [-0.4, -0.2) is 19.0 Å². The SMILES string of the molecule is COC(=O)[C@H]1C(=O)NC(SCc2ccc(Br)cc2)=C(C#N)[C@@H]1c1cccc(Br)c1. The molecule has 1 aliphatic rings. The van der Waals surface area contributed by atoms with E-state index in [-0.39, 0.29) is 0 Å². The molecule has 1 aliphatic heterocycles. The zero-order valence-corrected chi connectivity index (χ0v) is 19.3. The molecule has 0 saturated carbocycles. The third-order valence-electron chi connectivity index (χ3n) is 4.49. The highest BCUT2D eigenvalue weighted by Gasteiger charge is 2.44. The minimum atomic E-state index is -1.12. The molecule has 0 radical (unpaired) electrons. The number of amides is 1. The summed E-state index contributed by atoms with van der Waals surface area (Å²) in [6, 6.07) is 17.3. The zero-order valence-electron chi connectivity index (χ0n) is 15.3. The van der Waals surface area contributed by atoms with E-state index in [1.807, 2.05) is 42.5 Å². The molecule has 0 aliphatic carbocycles. The van der Waals surface area contributed by atoms with E-state index in [4.69, 9.17) is 4.74 Å². The number of carbonyl (C=O) groups is 2. The second kappa shape index (κ2) is 9.61. The van der Waals surface area contributed by atoms with E-state index in [2.05, 4.69) is 43.2 Å². The molecule has 148 valence electrons. The van der Waals surface area contributed by atoms with E-state index in [0.717, 1.165) is 14.5 Å². The highest BCUT2D eigenvalue weighted by molar-refractivity contribution is 9.10. The number of rotatable bonds is 5. The van der Waals surface area contributed by atoms with Gasteiger partial charge in [0.05, 0.1) is 23.8 Å². The Hall–Kier alpha value is -2.08. The Kier molecular flexibility index (Phi) is 7.17. The molecular weight excluding hydrogens is 520 g/mol. The Morgan fingerprint density at radius 3 is 2.55 bits per heavy atom. The van der Waals surface area contributed by atoms with Gasteiger partial charge in [0.25, 0.3) is 0 Å². The normalized spacial score (nSPS) is 18.8. The molecule has 2 aromatic rings. The summed E-state index contributed by atoms with van der Waals surface area (Å²) in [4.78, 5) is 25.2. The highest BCUT2D eigenvalue weighted by atomic mass is 79.9. The largest absolute Gasteiger partial charge is 0.468 e. The van der Waals surface area contributed by atoms with Gasteiger partial charge in [-0.3, -0.25) is 9.59 Å². The number of esters is 1. The average Bonchev–Trinajstić information content (AvgIpc) is 2.72. The predicted octanol–water partition coefficient (Wildman–Crippen LogP) is 4.88. The molecule has 1 heterocycles. The second-order valence-electron chi connectivity index (χ2n) is 6.29. The summed E-state index contributed by atoms with van der Waals surface area (Å²) < 4.78 is 6.63. The highest BCUT2D eigenvalue weighted by Crippen LogP contribution is 2.41. The van der Waals surface area contributed by atoms with Gasteiger partial charge >= 0.3 is 5.97 Å². The molecule has 0 spiro atoms. The number of benzene rings is 2. The molecule has 3 rings (SSSR count). The van der Waals surface area contributed by atoms with Crippen molar-refractivity contribution in [2.45, 2.75) is 11.7 Å². The van der Waals surface area contributed by atoms with Crippen LogP contribution in [0.15, 0.2) is 68.1 Å². The second-order valence-corrected chi connectivity index (χ2v) is 9.11. The minimum Gasteiger partial charge on any atom is -0.468 e. The number of methoxy groups -OCH3 is 1. The standard InChI is InChI=1S/C21H16Br2N2O3S/c1-28-21(27)18-17(13-3-2-4-15(23)9-13)16(10-24)20(25-19(18)26)29-11-12-5-7-14(22)8-6-12/h2-9,17-18H,11H2,1H3,(H,25,26)/t17-,18+/m0/s1. The predicted molar refractivity (Wildman–Crippen MR) is 119 cm³/mol. The van der Waals surface area contributed by atoms with E-state index in [1.54, 1.807) is 6.07 Å². The number of halogens is 2. The Bertz CT molecular complexity index is 1020. The number of hydrogen-bond acceptors (Lipinski definition) is 5. The summed E-state index contributed by atoms with van der Waals surface area (Å²) in [7, 11) is 1.24. The minimum absolute atomic E-state index is 0.347. The maximum atomic E-state index is 12.8. The lowest BCUT2D eigenvalue weighted by Gasteiger charge is -2.31. The fourth-order valence-electron chi connectivity index (χ4n) is 3.12. The zero-order chi connectivity index (χ0) is 21.0. The topological polar surface area (TPSA) is 79.2 Å². The van der Waals surface area contributed by atoms with Crippen LogP contribution in [-0.2, 0) is 20.1 Å². The number of carbonyl (C=O) groups excluding carboxylic acids is 2. The molecule has 0 unspecified atom stereocenters. The lowest BCUT2D eigenvalue weighted by Crippen LogP contribution is -2.44. The Morgan fingerprint density at radius 2 is 1.93 bits per heavy atom. The van der Waals surface area contributed by atoms with E-state index < -0.39 is 23.7 Å². The number of thioether (sulfide) groups is 1. The van der Waals surface area contributed by atoms with Crippen LogP contribution in [0.25, 0.3) is 0 Å². The van der Waals surface area contributed by atoms with E-state index in [1.165, 1.54) is 18.9 Å². The van der Waals surface area contributed by atoms with Gasteiger partial charge in [-0.1, -0.05) is 56.1 Å². The van der Waals surface area contributed by atoms with Gasteiger partial charge in [-0.15, -0.1) is 11.8 Å². The van der Waals surface area contributed by atoms with Crippen LogP contribution in [0.5, 0.6) is 0 Å². The quantitative estimate of drug-likeness (QED) is 0.436. The molecule has 1 N–H and O–H groups in total. The van der Waals surface area contributed by atoms with Gasteiger partial charge in [0.2, 0.25) is 5.91 Å².